The van der Waals surface area contributed by atoms with Crippen LogP contribution in [-0.2, 0) is 32.7 Å². The average Bonchev–Trinajstić information content (AvgIpc) is 3.74. The van der Waals surface area contributed by atoms with Crippen LogP contribution in [0.2, 0.25) is 0 Å². The molecule has 0 aliphatic carbocycles. The average molecular weight is 1280 g/mol. The number of carbonyl (C=O) groups is 2. The maximum absolute atomic E-state index is 12.8. The van der Waals surface area contributed by atoms with Crippen LogP contribution in [0.5, 0.6) is 0 Å². The Labute approximate surface area is 560 Å². The summed E-state index contributed by atoms with van der Waals surface area (Å²) < 4.78 is 33.2. The van der Waals surface area contributed by atoms with Crippen LogP contribution in [0.25, 0.3) is 0 Å². The Bertz CT molecular complexity index is 2010. The summed E-state index contributed by atoms with van der Waals surface area (Å²) in [5.74, 6) is -0.822. The van der Waals surface area contributed by atoms with E-state index in [0.29, 0.717) is 6.42 Å². The number of carbonyl (C=O) groups excluding carboxylic acids is 2. The highest BCUT2D eigenvalue weighted by atomic mass is 31.2. The molecule has 2 atom stereocenters. The summed E-state index contributed by atoms with van der Waals surface area (Å²) >= 11 is 0. The van der Waals surface area contributed by atoms with Crippen LogP contribution in [0.4, 0.5) is 0 Å². The molecule has 0 spiro atoms. The molecule has 0 aromatic rings. The van der Waals surface area contributed by atoms with Crippen molar-refractivity contribution in [2.75, 3.05) is 26.4 Å². The number of esters is 2. The monoisotopic (exact) mass is 1280 g/mol. The molecular formula is C81H138NO8P. The van der Waals surface area contributed by atoms with Gasteiger partial charge in [0.25, 0.3) is 0 Å². The molecule has 91 heavy (non-hydrogen) atoms. The molecule has 2 unspecified atom stereocenters. The fourth-order valence-electron chi connectivity index (χ4n) is 10.3. The van der Waals surface area contributed by atoms with E-state index < -0.39 is 26.5 Å². The van der Waals surface area contributed by atoms with Crippen molar-refractivity contribution in [1.29, 1.82) is 0 Å². The molecule has 0 amide bonds. The smallest absolute Gasteiger partial charge is 0.462 e. The molecule has 0 aliphatic rings. The third-order valence-electron chi connectivity index (χ3n) is 15.7. The van der Waals surface area contributed by atoms with Crippen LogP contribution in [0.3, 0.4) is 0 Å². The second-order valence-corrected chi connectivity index (χ2v) is 25.9. The number of unbranched alkanes of at least 4 members (excludes halogenated alkanes) is 32. The highest BCUT2D eigenvalue weighted by molar-refractivity contribution is 7.47. The van der Waals surface area contributed by atoms with E-state index in [0.717, 1.165) is 116 Å². The molecule has 0 aliphatic heterocycles. The lowest BCUT2D eigenvalue weighted by Gasteiger charge is -2.19. The first-order valence-electron chi connectivity index (χ1n) is 37.3. The Morgan fingerprint density at radius 1 is 0.330 bits per heavy atom. The first-order chi connectivity index (χ1) is 44.8. The first kappa shape index (κ1) is 86.9. The maximum Gasteiger partial charge on any atom is 0.472 e. The number of phosphoric ester groups is 1. The molecule has 10 heteroatoms. The van der Waals surface area contributed by atoms with Crippen molar-refractivity contribution >= 4 is 19.8 Å². The Morgan fingerprint density at radius 3 is 0.846 bits per heavy atom. The van der Waals surface area contributed by atoms with Crippen LogP contribution in [0.15, 0.2) is 146 Å². The Kier molecular flexibility index (Phi) is 71.5. The van der Waals surface area contributed by atoms with Gasteiger partial charge in [-0.15, -0.1) is 0 Å². The van der Waals surface area contributed by atoms with Gasteiger partial charge in [-0.05, 0) is 116 Å². The quantitative estimate of drug-likeness (QED) is 0.0264. The van der Waals surface area contributed by atoms with Gasteiger partial charge in [-0.2, -0.15) is 0 Å². The van der Waals surface area contributed by atoms with Gasteiger partial charge in [0.05, 0.1) is 13.2 Å². The molecule has 0 bridgehead atoms. The SMILES string of the molecule is CC/C=C\C/C=C\C/C=C\C/C=C\C/C=C\C/C=C\C/C=C\C/C=C\CCCCCCCCCCCCCCCCCCC(=O)OC(COC(=O)CCCCCCCCCCCCCCCCCC/C=C\C/C=C\C/C=C\C/C=C\CC)COP(=O)(O)OCCN. The molecule has 0 saturated heterocycles. The molecule has 0 fully saturated rings. The van der Waals surface area contributed by atoms with Crippen molar-refractivity contribution in [3.05, 3.63) is 146 Å². The number of allylic oxidation sites excluding steroid dienone is 24. The zero-order chi connectivity index (χ0) is 65.8. The van der Waals surface area contributed by atoms with E-state index in [9.17, 15) is 19.0 Å². The van der Waals surface area contributed by atoms with Crippen LogP contribution in [0.1, 0.15) is 322 Å². The van der Waals surface area contributed by atoms with Crippen molar-refractivity contribution < 1.29 is 37.6 Å². The molecule has 0 rings (SSSR count). The first-order valence-corrected chi connectivity index (χ1v) is 38.8. The standard InChI is InChI=1S/C81H138NO8P/c1-3-5-7-9-11-13-15-17-19-21-23-25-27-29-31-33-34-35-36-37-38-39-40-41-42-43-44-46-48-50-52-54-56-58-60-62-64-66-68-70-72-74-81(84)90-79(78-89-91(85,86)88-76-75-82)77-87-80(83)73-71-69-67-65-63-61-59-57-55-53-51-49-47-45-32-30-28-26-24-22-20-18-16-14-12-10-8-6-4-2/h5-8,11-14,17-20,23-26,29,31,34-35,37-38,40-41,79H,3-4,9-10,15-16,21-22,27-28,30,32-33,36,39,42-78,82H2,1-2H3,(H,85,86)/b7-5-,8-6-,13-11-,14-12-,19-17-,20-18-,25-23-,26-24-,31-29-,35-34-,38-37-,41-40-. The lowest BCUT2D eigenvalue weighted by Crippen LogP contribution is -2.29. The predicted molar refractivity (Wildman–Crippen MR) is 394 cm³/mol. The van der Waals surface area contributed by atoms with E-state index in [2.05, 4.69) is 160 Å². The fourth-order valence-corrected chi connectivity index (χ4v) is 11.1. The number of phosphoric acid groups is 1. The van der Waals surface area contributed by atoms with Gasteiger partial charge in [0.15, 0.2) is 6.10 Å². The van der Waals surface area contributed by atoms with Crippen LogP contribution < -0.4 is 5.73 Å². The minimum Gasteiger partial charge on any atom is -0.462 e. The van der Waals surface area contributed by atoms with Gasteiger partial charge in [-0.1, -0.05) is 339 Å². The van der Waals surface area contributed by atoms with Crippen LogP contribution in [-0.4, -0.2) is 49.3 Å². The van der Waals surface area contributed by atoms with E-state index in [-0.39, 0.29) is 38.6 Å². The molecule has 0 saturated carbocycles. The van der Waals surface area contributed by atoms with Crippen molar-refractivity contribution in [3.63, 3.8) is 0 Å². The van der Waals surface area contributed by atoms with Crippen LogP contribution >= 0.6 is 7.82 Å². The molecule has 520 valence electrons. The van der Waals surface area contributed by atoms with Gasteiger partial charge in [0.2, 0.25) is 0 Å². The molecule has 9 nitrogen and oxygen atoms in total. The van der Waals surface area contributed by atoms with Crippen molar-refractivity contribution in [1.82, 2.24) is 0 Å². The third kappa shape index (κ3) is 74.8. The summed E-state index contributed by atoms with van der Waals surface area (Å²) in [7, 11) is -4.40. The maximum atomic E-state index is 12.8. The van der Waals surface area contributed by atoms with Gasteiger partial charge in [0, 0.05) is 19.4 Å². The minimum atomic E-state index is -4.40. The molecular weight excluding hydrogens is 1150 g/mol. The second-order valence-electron chi connectivity index (χ2n) is 24.4. The summed E-state index contributed by atoms with van der Waals surface area (Å²) in [6.45, 7) is 3.54. The van der Waals surface area contributed by atoms with Gasteiger partial charge in [0.1, 0.15) is 6.61 Å². The van der Waals surface area contributed by atoms with E-state index in [4.69, 9.17) is 24.3 Å². The van der Waals surface area contributed by atoms with E-state index in [1.165, 1.54) is 173 Å². The summed E-state index contributed by atoms with van der Waals surface area (Å²) in [5.41, 5.74) is 5.41. The molecule has 0 aromatic carbocycles. The Morgan fingerprint density at radius 2 is 0.571 bits per heavy atom. The highest BCUT2D eigenvalue weighted by Crippen LogP contribution is 2.43. The molecule has 3 N–H and O–H groups in total. The normalized spacial score (nSPS) is 13.8. The van der Waals surface area contributed by atoms with Gasteiger partial charge >= 0.3 is 19.8 Å². The number of rotatable bonds is 69. The molecule has 0 radical (unpaired) electrons. The van der Waals surface area contributed by atoms with Crippen molar-refractivity contribution in [2.24, 2.45) is 5.73 Å². The van der Waals surface area contributed by atoms with E-state index >= 15 is 0 Å². The van der Waals surface area contributed by atoms with Crippen LogP contribution in [0, 0.1) is 0 Å². The van der Waals surface area contributed by atoms with Gasteiger partial charge in [-0.3, -0.25) is 18.6 Å². The summed E-state index contributed by atoms with van der Waals surface area (Å²) in [5, 5.41) is 0. The summed E-state index contributed by atoms with van der Waals surface area (Å²) in [6, 6.07) is 0. The number of nitrogens with two attached hydrogens (primary N) is 1. The zero-order valence-corrected chi connectivity index (χ0v) is 59.4. The largest absolute Gasteiger partial charge is 0.472 e. The van der Waals surface area contributed by atoms with Gasteiger partial charge in [-0.25, -0.2) is 4.57 Å². The van der Waals surface area contributed by atoms with E-state index in [1.807, 2.05) is 0 Å². The van der Waals surface area contributed by atoms with Gasteiger partial charge < -0.3 is 20.1 Å². The number of hydrogen-bond donors (Lipinski definition) is 2. The predicted octanol–water partition coefficient (Wildman–Crippen LogP) is 25.0. The van der Waals surface area contributed by atoms with Crippen molar-refractivity contribution in [2.45, 2.75) is 328 Å². The molecule has 0 aromatic heterocycles. The van der Waals surface area contributed by atoms with E-state index in [1.54, 1.807) is 0 Å². The topological polar surface area (TPSA) is 134 Å². The Balaban J connectivity index is 3.86. The fraction of sp³-hybridized carbons (Fsp3) is 0.679. The number of hydrogen-bond acceptors (Lipinski definition) is 8. The number of ether oxygens (including phenoxy) is 2. The van der Waals surface area contributed by atoms with Crippen molar-refractivity contribution in [3.8, 4) is 0 Å². The summed E-state index contributed by atoms with van der Waals surface area (Å²) in [6.07, 6.45) is 108. The lowest BCUT2D eigenvalue weighted by molar-refractivity contribution is -0.161. The zero-order valence-electron chi connectivity index (χ0n) is 58.5. The minimum absolute atomic E-state index is 0.0496. The highest BCUT2D eigenvalue weighted by Gasteiger charge is 2.26. The Hall–Kier alpha value is -4.11. The summed E-state index contributed by atoms with van der Waals surface area (Å²) in [4.78, 5) is 35.4. The third-order valence-corrected chi connectivity index (χ3v) is 16.7. The lowest BCUT2D eigenvalue weighted by atomic mass is 10.0. The second kappa shape index (κ2) is 74.9. The molecule has 0 heterocycles.